The van der Waals surface area contributed by atoms with Gasteiger partial charge >= 0.3 is 0 Å². The van der Waals surface area contributed by atoms with Crippen LogP contribution in [0.1, 0.15) is 30.7 Å². The maximum absolute atomic E-state index is 12.5. The Balaban J connectivity index is 1.20. The minimum atomic E-state index is -3.19. The minimum Gasteiger partial charge on any atom is -0.340 e. The molecule has 2 saturated heterocycles. The fourth-order valence-electron chi connectivity index (χ4n) is 3.99. The molecule has 0 bridgehead atoms. The molecule has 7 nitrogen and oxygen atoms in total. The standard InChI is InChI=1S/C20H28N4O3S2/c25-20(8-5-15-29(26,27)24-9-3-4-10-24)23-13-11-22(12-14-23)16-19-21-17-6-1-2-7-18(17)28-19/h1-2,6-7H,3-5,8-16H2. The smallest absolute Gasteiger partial charge is 0.222 e. The van der Waals surface area contributed by atoms with Crippen LogP contribution in [0.25, 0.3) is 10.2 Å². The molecular formula is C20H28N4O3S2. The number of thiazole rings is 1. The van der Waals surface area contributed by atoms with Crippen LogP contribution in [0.5, 0.6) is 0 Å². The summed E-state index contributed by atoms with van der Waals surface area (Å²) in [5, 5.41) is 1.11. The Morgan fingerprint density at radius 2 is 1.76 bits per heavy atom. The van der Waals surface area contributed by atoms with Crippen molar-refractivity contribution in [3.8, 4) is 0 Å². The summed E-state index contributed by atoms with van der Waals surface area (Å²) in [7, 11) is -3.19. The van der Waals surface area contributed by atoms with Crippen LogP contribution in [-0.4, -0.2) is 78.4 Å². The van der Waals surface area contributed by atoms with Gasteiger partial charge in [-0.25, -0.2) is 17.7 Å². The van der Waals surface area contributed by atoms with Gasteiger partial charge in [-0.15, -0.1) is 11.3 Å². The molecule has 158 valence electrons. The fourth-order valence-corrected chi connectivity index (χ4v) is 6.59. The number of hydrogen-bond donors (Lipinski definition) is 0. The number of nitrogens with zero attached hydrogens (tertiary/aromatic N) is 4. The monoisotopic (exact) mass is 436 g/mol. The van der Waals surface area contributed by atoms with E-state index in [1.54, 1.807) is 15.6 Å². The van der Waals surface area contributed by atoms with Crippen LogP contribution in [0.4, 0.5) is 0 Å². The predicted molar refractivity (Wildman–Crippen MR) is 115 cm³/mol. The summed E-state index contributed by atoms with van der Waals surface area (Å²) in [4.78, 5) is 21.4. The van der Waals surface area contributed by atoms with E-state index in [9.17, 15) is 13.2 Å². The molecule has 4 rings (SSSR count). The first-order valence-corrected chi connectivity index (χ1v) is 12.8. The van der Waals surface area contributed by atoms with Crippen molar-refractivity contribution in [2.45, 2.75) is 32.2 Å². The second kappa shape index (κ2) is 9.07. The van der Waals surface area contributed by atoms with Gasteiger partial charge in [-0.3, -0.25) is 9.69 Å². The summed E-state index contributed by atoms with van der Waals surface area (Å²) in [6.45, 7) is 5.13. The SMILES string of the molecule is O=C(CCCS(=O)(=O)N1CCCC1)N1CCN(Cc2nc3ccccc3s2)CC1. The average molecular weight is 437 g/mol. The number of benzene rings is 1. The molecule has 2 aliphatic heterocycles. The summed E-state index contributed by atoms with van der Waals surface area (Å²) < 4.78 is 27.3. The summed E-state index contributed by atoms with van der Waals surface area (Å²) >= 11 is 1.73. The van der Waals surface area contributed by atoms with Crippen molar-refractivity contribution in [1.82, 2.24) is 19.1 Å². The Labute approximate surface area is 176 Å². The molecule has 0 atom stereocenters. The number of rotatable bonds is 7. The zero-order chi connectivity index (χ0) is 20.3. The highest BCUT2D eigenvalue weighted by Gasteiger charge is 2.26. The first-order chi connectivity index (χ1) is 14.0. The Hall–Kier alpha value is -1.55. The van der Waals surface area contributed by atoms with Crippen molar-refractivity contribution in [3.63, 3.8) is 0 Å². The third-order valence-electron chi connectivity index (χ3n) is 5.67. The molecule has 3 heterocycles. The molecule has 1 amide bonds. The lowest BCUT2D eigenvalue weighted by atomic mass is 10.2. The molecular weight excluding hydrogens is 408 g/mol. The second-order valence-corrected chi connectivity index (χ2v) is 11.0. The van der Waals surface area contributed by atoms with Crippen molar-refractivity contribution in [2.24, 2.45) is 0 Å². The minimum absolute atomic E-state index is 0.0706. The van der Waals surface area contributed by atoms with Crippen molar-refractivity contribution >= 4 is 37.5 Å². The van der Waals surface area contributed by atoms with E-state index in [2.05, 4.69) is 11.0 Å². The molecule has 0 aliphatic carbocycles. The molecule has 0 radical (unpaired) electrons. The van der Waals surface area contributed by atoms with Gasteiger partial charge in [-0.1, -0.05) is 12.1 Å². The summed E-state index contributed by atoms with van der Waals surface area (Å²) in [5.41, 5.74) is 1.05. The number of carbonyl (C=O) groups is 1. The van der Waals surface area contributed by atoms with E-state index >= 15 is 0 Å². The maximum atomic E-state index is 12.5. The van der Waals surface area contributed by atoms with Crippen LogP contribution in [0.2, 0.25) is 0 Å². The number of piperazine rings is 1. The van der Waals surface area contributed by atoms with E-state index in [1.165, 1.54) is 4.70 Å². The van der Waals surface area contributed by atoms with Gasteiger partial charge in [0.1, 0.15) is 5.01 Å². The first kappa shape index (κ1) is 20.7. The van der Waals surface area contributed by atoms with Gasteiger partial charge < -0.3 is 4.90 Å². The maximum Gasteiger partial charge on any atom is 0.222 e. The predicted octanol–water partition coefficient (Wildman–Crippen LogP) is 2.15. The number of hydrogen-bond acceptors (Lipinski definition) is 6. The van der Waals surface area contributed by atoms with Crippen LogP contribution in [-0.2, 0) is 21.4 Å². The van der Waals surface area contributed by atoms with Gasteiger partial charge in [0.15, 0.2) is 0 Å². The molecule has 9 heteroatoms. The second-order valence-electron chi connectivity index (χ2n) is 7.76. The molecule has 29 heavy (non-hydrogen) atoms. The van der Waals surface area contributed by atoms with E-state index in [0.717, 1.165) is 43.0 Å². The summed E-state index contributed by atoms with van der Waals surface area (Å²) in [5.74, 6) is 0.150. The van der Waals surface area contributed by atoms with E-state index < -0.39 is 10.0 Å². The van der Waals surface area contributed by atoms with Crippen LogP contribution in [0.3, 0.4) is 0 Å². The molecule has 2 fully saturated rings. The zero-order valence-corrected chi connectivity index (χ0v) is 18.3. The third kappa shape index (κ3) is 5.14. The Morgan fingerprint density at radius 3 is 2.48 bits per heavy atom. The molecule has 0 spiro atoms. The van der Waals surface area contributed by atoms with Crippen LogP contribution in [0, 0.1) is 0 Å². The van der Waals surface area contributed by atoms with E-state index in [0.29, 0.717) is 39.0 Å². The van der Waals surface area contributed by atoms with Crippen molar-refractivity contribution in [3.05, 3.63) is 29.3 Å². The van der Waals surface area contributed by atoms with Gasteiger partial charge in [0.2, 0.25) is 15.9 Å². The molecule has 1 aromatic carbocycles. The van der Waals surface area contributed by atoms with Gasteiger partial charge in [0.05, 0.1) is 22.5 Å². The third-order valence-corrected chi connectivity index (χ3v) is 8.65. The molecule has 0 saturated carbocycles. The number of carbonyl (C=O) groups excluding carboxylic acids is 1. The van der Waals surface area contributed by atoms with Gasteiger partial charge in [0.25, 0.3) is 0 Å². The quantitative estimate of drug-likeness (QED) is 0.665. The van der Waals surface area contributed by atoms with E-state index in [4.69, 9.17) is 4.98 Å². The highest BCUT2D eigenvalue weighted by molar-refractivity contribution is 7.89. The number of sulfonamides is 1. The highest BCUT2D eigenvalue weighted by Crippen LogP contribution is 2.23. The summed E-state index contributed by atoms with van der Waals surface area (Å²) in [6, 6.07) is 8.17. The topological polar surface area (TPSA) is 73.8 Å². The average Bonchev–Trinajstić information content (AvgIpc) is 3.38. The molecule has 2 aliphatic rings. The van der Waals surface area contributed by atoms with Crippen LogP contribution < -0.4 is 0 Å². The fraction of sp³-hybridized carbons (Fsp3) is 0.600. The van der Waals surface area contributed by atoms with Gasteiger partial charge in [0, 0.05) is 45.7 Å². The van der Waals surface area contributed by atoms with Crippen molar-refractivity contribution < 1.29 is 13.2 Å². The van der Waals surface area contributed by atoms with Gasteiger partial charge in [-0.05, 0) is 31.4 Å². The lowest BCUT2D eigenvalue weighted by Crippen LogP contribution is -2.48. The van der Waals surface area contributed by atoms with Crippen LogP contribution >= 0.6 is 11.3 Å². The zero-order valence-electron chi connectivity index (χ0n) is 16.6. The lowest BCUT2D eigenvalue weighted by molar-refractivity contribution is -0.133. The highest BCUT2D eigenvalue weighted by atomic mass is 32.2. The number of amides is 1. The van der Waals surface area contributed by atoms with E-state index in [1.807, 2.05) is 23.1 Å². The molecule has 0 unspecified atom stereocenters. The molecule has 1 aromatic heterocycles. The first-order valence-electron chi connectivity index (χ1n) is 10.3. The number of fused-ring (bicyclic) bond motifs is 1. The van der Waals surface area contributed by atoms with Gasteiger partial charge in [-0.2, -0.15) is 0 Å². The number of para-hydroxylation sites is 1. The Kier molecular flexibility index (Phi) is 6.48. The largest absolute Gasteiger partial charge is 0.340 e. The lowest BCUT2D eigenvalue weighted by Gasteiger charge is -2.34. The normalized spacial score (nSPS) is 19.2. The van der Waals surface area contributed by atoms with Crippen molar-refractivity contribution in [1.29, 1.82) is 0 Å². The number of aromatic nitrogens is 1. The molecule has 2 aromatic rings. The van der Waals surface area contributed by atoms with E-state index in [-0.39, 0.29) is 11.7 Å². The molecule has 0 N–H and O–H groups in total. The van der Waals surface area contributed by atoms with Crippen molar-refractivity contribution in [2.75, 3.05) is 45.0 Å². The summed E-state index contributed by atoms with van der Waals surface area (Å²) in [6.07, 6.45) is 2.60. The van der Waals surface area contributed by atoms with Crippen LogP contribution in [0.15, 0.2) is 24.3 Å². The Morgan fingerprint density at radius 1 is 1.03 bits per heavy atom. The Bertz CT molecular complexity index is 913.